The van der Waals surface area contributed by atoms with Crippen LogP contribution in [0.3, 0.4) is 0 Å². The zero-order valence-electron chi connectivity index (χ0n) is 18.5. The highest BCUT2D eigenvalue weighted by atomic mass is 16.1. The Morgan fingerprint density at radius 1 is 0.606 bits per heavy atom. The molecule has 0 aliphatic heterocycles. The summed E-state index contributed by atoms with van der Waals surface area (Å²) in [6.45, 7) is 2.13. The maximum Gasteiger partial charge on any atom is 0.197 e. The van der Waals surface area contributed by atoms with Gasteiger partial charge in [0.25, 0.3) is 0 Å². The molecule has 6 aromatic rings. The lowest BCUT2D eigenvalue weighted by molar-refractivity contribution is 1.00. The van der Waals surface area contributed by atoms with Gasteiger partial charge in [-0.1, -0.05) is 43.3 Å². The van der Waals surface area contributed by atoms with Gasteiger partial charge in [-0.25, -0.2) is 0 Å². The summed E-state index contributed by atoms with van der Waals surface area (Å²) in [6, 6.07) is 27.4. The molecule has 160 valence electrons. The molecule has 0 atom stereocenters. The number of fused-ring (bicyclic) bond motifs is 4. The van der Waals surface area contributed by atoms with Crippen LogP contribution in [0.5, 0.6) is 0 Å². The molecule has 0 bridgehead atoms. The summed E-state index contributed by atoms with van der Waals surface area (Å²) in [5.74, 6) is 0. The molecule has 4 aromatic carbocycles. The first kappa shape index (κ1) is 19.5. The van der Waals surface area contributed by atoms with E-state index in [0.29, 0.717) is 21.5 Å². The number of nitrogens with zero attached hydrogens (tertiary/aromatic N) is 2. The molecule has 0 spiro atoms. The Bertz CT molecular complexity index is 1840. The van der Waals surface area contributed by atoms with E-state index < -0.39 is 0 Å². The van der Waals surface area contributed by atoms with Gasteiger partial charge in [-0.15, -0.1) is 0 Å². The van der Waals surface area contributed by atoms with Crippen LogP contribution in [0, 0.1) is 0 Å². The molecule has 33 heavy (non-hydrogen) atoms. The second-order valence-corrected chi connectivity index (χ2v) is 8.49. The quantitative estimate of drug-likeness (QED) is 0.330. The largest absolute Gasteiger partial charge is 0.343 e. The molecule has 0 aliphatic carbocycles. The predicted molar refractivity (Wildman–Crippen MR) is 137 cm³/mol. The van der Waals surface area contributed by atoms with Crippen LogP contribution in [0.15, 0.2) is 94.5 Å². The molecule has 0 fully saturated rings. The Hall–Kier alpha value is -4.18. The average Bonchev–Trinajstić information content (AvgIpc) is 2.87. The van der Waals surface area contributed by atoms with Gasteiger partial charge in [0, 0.05) is 34.3 Å². The monoisotopic (exact) mass is 430 g/mol. The van der Waals surface area contributed by atoms with E-state index in [4.69, 9.17) is 0 Å². The number of aromatic nitrogens is 2. The molecule has 6 rings (SSSR count). The minimum absolute atomic E-state index is 0.0194. The van der Waals surface area contributed by atoms with Gasteiger partial charge in [-0.2, -0.15) is 0 Å². The van der Waals surface area contributed by atoms with Gasteiger partial charge < -0.3 is 9.13 Å². The third-order valence-electron chi connectivity index (χ3n) is 6.71. The van der Waals surface area contributed by atoms with Crippen LogP contribution in [-0.4, -0.2) is 9.13 Å². The third kappa shape index (κ3) is 2.77. The van der Waals surface area contributed by atoms with E-state index in [9.17, 15) is 9.59 Å². The summed E-state index contributed by atoms with van der Waals surface area (Å²) >= 11 is 0. The summed E-state index contributed by atoms with van der Waals surface area (Å²) in [4.78, 5) is 27.0. The van der Waals surface area contributed by atoms with Crippen molar-refractivity contribution in [1.82, 2.24) is 9.13 Å². The first-order chi connectivity index (χ1) is 16.1. The first-order valence-electron chi connectivity index (χ1n) is 11.2. The lowest BCUT2D eigenvalue weighted by atomic mass is 10.0. The van der Waals surface area contributed by atoms with Crippen molar-refractivity contribution in [1.29, 1.82) is 0 Å². The number of benzene rings is 4. The van der Waals surface area contributed by atoms with Crippen molar-refractivity contribution in [2.45, 2.75) is 13.3 Å². The highest BCUT2D eigenvalue weighted by Gasteiger charge is 2.16. The van der Waals surface area contributed by atoms with Gasteiger partial charge >= 0.3 is 0 Å². The standard InChI is InChI=1S/C29H22N2O2/c1-3-18-12-14-19(15-13-18)31-25-11-7-5-9-21(25)29(33)23-16-26-22(17-27(23)31)28(32)20-8-4-6-10-24(20)30(26)2/h4-17H,3H2,1-2H3. The molecule has 0 saturated heterocycles. The minimum Gasteiger partial charge on any atom is -0.343 e. The van der Waals surface area contributed by atoms with Crippen molar-refractivity contribution >= 4 is 43.6 Å². The van der Waals surface area contributed by atoms with Gasteiger partial charge in [0.1, 0.15) is 0 Å². The second-order valence-electron chi connectivity index (χ2n) is 8.49. The lowest BCUT2D eigenvalue weighted by Crippen LogP contribution is -2.14. The summed E-state index contributed by atoms with van der Waals surface area (Å²) in [5, 5.41) is 2.55. The van der Waals surface area contributed by atoms with Crippen LogP contribution >= 0.6 is 0 Å². The van der Waals surface area contributed by atoms with Crippen LogP contribution in [0.2, 0.25) is 0 Å². The number of para-hydroxylation sites is 2. The van der Waals surface area contributed by atoms with E-state index in [1.165, 1.54) is 5.56 Å². The smallest absolute Gasteiger partial charge is 0.197 e. The van der Waals surface area contributed by atoms with Crippen LogP contribution < -0.4 is 10.9 Å². The summed E-state index contributed by atoms with van der Waals surface area (Å²) in [7, 11) is 1.94. The fourth-order valence-corrected chi connectivity index (χ4v) is 4.93. The van der Waals surface area contributed by atoms with E-state index >= 15 is 0 Å². The van der Waals surface area contributed by atoms with Crippen molar-refractivity contribution in [3.05, 3.63) is 111 Å². The van der Waals surface area contributed by atoms with Crippen molar-refractivity contribution in [2.24, 2.45) is 7.05 Å². The van der Waals surface area contributed by atoms with Crippen molar-refractivity contribution in [3.63, 3.8) is 0 Å². The normalized spacial score (nSPS) is 11.7. The predicted octanol–water partition coefficient (Wildman–Crippen LogP) is 5.71. The molecule has 0 radical (unpaired) electrons. The second kappa shape index (κ2) is 7.17. The molecule has 0 saturated carbocycles. The third-order valence-corrected chi connectivity index (χ3v) is 6.71. The van der Waals surface area contributed by atoms with Gasteiger partial charge in [0.05, 0.1) is 22.1 Å². The Balaban J connectivity index is 1.86. The topological polar surface area (TPSA) is 44.0 Å². The molecule has 0 unspecified atom stereocenters. The number of pyridine rings is 2. The van der Waals surface area contributed by atoms with E-state index in [1.54, 1.807) is 0 Å². The highest BCUT2D eigenvalue weighted by Crippen LogP contribution is 2.28. The van der Waals surface area contributed by atoms with Gasteiger partial charge in [0.2, 0.25) is 0 Å². The molecule has 0 N–H and O–H groups in total. The van der Waals surface area contributed by atoms with Crippen LogP contribution in [0.1, 0.15) is 12.5 Å². The molecule has 4 nitrogen and oxygen atoms in total. The van der Waals surface area contributed by atoms with Crippen molar-refractivity contribution in [3.8, 4) is 5.69 Å². The summed E-state index contributed by atoms with van der Waals surface area (Å²) < 4.78 is 4.10. The number of aryl methyl sites for hydroxylation is 2. The Morgan fingerprint density at radius 2 is 1.15 bits per heavy atom. The Kier molecular flexibility index (Phi) is 4.24. The molecule has 2 heterocycles. The lowest BCUT2D eigenvalue weighted by Gasteiger charge is -2.17. The van der Waals surface area contributed by atoms with Gasteiger partial charge in [0.15, 0.2) is 10.9 Å². The molecule has 4 heteroatoms. The van der Waals surface area contributed by atoms with Crippen LogP contribution in [-0.2, 0) is 13.5 Å². The summed E-state index contributed by atoms with van der Waals surface area (Å²) in [6.07, 6.45) is 0.958. The zero-order chi connectivity index (χ0) is 22.7. The highest BCUT2D eigenvalue weighted by molar-refractivity contribution is 6.04. The Morgan fingerprint density at radius 3 is 1.82 bits per heavy atom. The van der Waals surface area contributed by atoms with E-state index in [0.717, 1.165) is 34.2 Å². The number of hydrogen-bond acceptors (Lipinski definition) is 2. The fraction of sp³-hybridized carbons (Fsp3) is 0.103. The van der Waals surface area contributed by atoms with Gasteiger partial charge in [-0.05, 0) is 60.5 Å². The van der Waals surface area contributed by atoms with Crippen LogP contribution in [0.4, 0.5) is 0 Å². The van der Waals surface area contributed by atoms with Crippen LogP contribution in [0.25, 0.3) is 49.3 Å². The van der Waals surface area contributed by atoms with Crippen molar-refractivity contribution < 1.29 is 0 Å². The fourth-order valence-electron chi connectivity index (χ4n) is 4.93. The molecular formula is C29H22N2O2. The number of rotatable bonds is 2. The minimum atomic E-state index is -0.0236. The maximum absolute atomic E-state index is 13.6. The van der Waals surface area contributed by atoms with Crippen molar-refractivity contribution in [2.75, 3.05) is 0 Å². The van der Waals surface area contributed by atoms with Gasteiger partial charge in [-0.3, -0.25) is 9.59 Å². The maximum atomic E-state index is 13.6. The van der Waals surface area contributed by atoms with E-state index in [1.807, 2.05) is 72.3 Å². The number of hydrogen-bond donors (Lipinski definition) is 0. The Labute approximate surface area is 189 Å². The zero-order valence-corrected chi connectivity index (χ0v) is 18.5. The van der Waals surface area contributed by atoms with E-state index in [2.05, 4.69) is 35.8 Å². The van der Waals surface area contributed by atoms with E-state index in [-0.39, 0.29) is 10.9 Å². The molecule has 0 amide bonds. The average molecular weight is 431 g/mol. The molecular weight excluding hydrogens is 408 g/mol. The first-order valence-corrected chi connectivity index (χ1v) is 11.2. The molecule has 0 aliphatic rings. The summed E-state index contributed by atoms with van der Waals surface area (Å²) in [5.41, 5.74) is 5.35. The molecule has 2 aromatic heterocycles. The SMILES string of the molecule is CCc1ccc(-n2c3ccccc3c(=O)c3cc4c(cc32)c(=O)c2ccccc2n4C)cc1.